The Morgan fingerprint density at radius 1 is 1.32 bits per heavy atom. The summed E-state index contributed by atoms with van der Waals surface area (Å²) >= 11 is 5.50. The van der Waals surface area contributed by atoms with Crippen LogP contribution in [0.2, 0.25) is 0 Å². The van der Waals surface area contributed by atoms with Crippen LogP contribution >= 0.6 is 38.5 Å². The second-order valence-corrected chi connectivity index (χ2v) is 6.05. The van der Waals surface area contributed by atoms with Gasteiger partial charge in [0.25, 0.3) is 5.91 Å². The first kappa shape index (κ1) is 14.3. The highest BCUT2D eigenvalue weighted by Gasteiger charge is 2.11. The van der Waals surface area contributed by atoms with Crippen molar-refractivity contribution in [2.75, 3.05) is 5.32 Å². The third kappa shape index (κ3) is 3.44. The van der Waals surface area contributed by atoms with Crippen molar-refractivity contribution in [1.29, 1.82) is 0 Å². The van der Waals surface area contributed by atoms with E-state index in [2.05, 4.69) is 43.8 Å². The molecule has 0 bridgehead atoms. The second-order valence-electron chi connectivity index (χ2n) is 3.95. The van der Waals surface area contributed by atoms with Crippen LogP contribution in [0, 0.1) is 3.57 Å². The van der Waals surface area contributed by atoms with Gasteiger partial charge in [-0.05, 0) is 62.8 Å². The van der Waals surface area contributed by atoms with Gasteiger partial charge in [0.2, 0.25) is 5.56 Å². The van der Waals surface area contributed by atoms with Gasteiger partial charge in [-0.1, -0.05) is 0 Å². The Bertz CT molecular complexity index is 697. The van der Waals surface area contributed by atoms with Gasteiger partial charge in [-0.3, -0.25) is 9.59 Å². The Morgan fingerprint density at radius 3 is 2.74 bits per heavy atom. The van der Waals surface area contributed by atoms with E-state index in [4.69, 9.17) is 0 Å². The highest BCUT2D eigenvalue weighted by atomic mass is 127. The number of carbonyl (C=O) groups is 1. The van der Waals surface area contributed by atoms with E-state index in [9.17, 15) is 9.59 Å². The van der Waals surface area contributed by atoms with Gasteiger partial charge in [0.05, 0.1) is 11.3 Å². The van der Waals surface area contributed by atoms with Crippen LogP contribution < -0.4 is 10.9 Å². The molecule has 0 radical (unpaired) electrons. The number of halogens is 2. The molecular formula is C13H10BrIN2O2. The minimum Gasteiger partial charge on any atom is -0.321 e. The summed E-state index contributed by atoms with van der Waals surface area (Å²) in [6.45, 7) is 0. The van der Waals surface area contributed by atoms with E-state index in [0.717, 1.165) is 8.04 Å². The molecule has 0 saturated carbocycles. The fourth-order valence-corrected chi connectivity index (χ4v) is 2.46. The van der Waals surface area contributed by atoms with Crippen LogP contribution in [-0.4, -0.2) is 10.5 Å². The summed E-state index contributed by atoms with van der Waals surface area (Å²) in [5, 5.41) is 2.76. The van der Waals surface area contributed by atoms with Gasteiger partial charge in [0.1, 0.15) is 0 Å². The molecule has 0 aliphatic carbocycles. The quantitative estimate of drug-likeness (QED) is 0.741. The molecule has 1 heterocycles. The SMILES string of the molecule is Cn1cc(NC(=O)c2cc(I)ccc2Br)ccc1=O. The molecule has 0 fully saturated rings. The molecule has 1 N–H and O–H groups in total. The molecule has 0 spiro atoms. The molecule has 2 rings (SSSR count). The van der Waals surface area contributed by atoms with Gasteiger partial charge < -0.3 is 9.88 Å². The number of benzene rings is 1. The van der Waals surface area contributed by atoms with E-state index >= 15 is 0 Å². The summed E-state index contributed by atoms with van der Waals surface area (Å²) in [5.41, 5.74) is 1.02. The summed E-state index contributed by atoms with van der Waals surface area (Å²) in [4.78, 5) is 23.4. The number of pyridine rings is 1. The summed E-state index contributed by atoms with van der Waals surface area (Å²) in [6, 6.07) is 8.54. The van der Waals surface area contributed by atoms with Crippen LogP contribution in [-0.2, 0) is 7.05 Å². The number of rotatable bonds is 2. The third-order valence-corrected chi connectivity index (χ3v) is 3.88. The molecular weight excluding hydrogens is 423 g/mol. The van der Waals surface area contributed by atoms with E-state index in [0.29, 0.717) is 11.3 Å². The first-order valence-electron chi connectivity index (χ1n) is 5.40. The fourth-order valence-electron chi connectivity index (χ4n) is 1.54. The summed E-state index contributed by atoms with van der Waals surface area (Å²) in [5.74, 6) is -0.218. The Kier molecular flexibility index (Phi) is 4.41. The van der Waals surface area contributed by atoms with Crippen LogP contribution in [0.3, 0.4) is 0 Å². The maximum Gasteiger partial charge on any atom is 0.256 e. The lowest BCUT2D eigenvalue weighted by Gasteiger charge is -2.08. The van der Waals surface area contributed by atoms with Crippen molar-refractivity contribution in [2.24, 2.45) is 7.05 Å². The average molecular weight is 433 g/mol. The zero-order valence-corrected chi connectivity index (χ0v) is 13.7. The fraction of sp³-hybridized carbons (Fsp3) is 0.0769. The molecule has 1 aromatic heterocycles. The van der Waals surface area contributed by atoms with E-state index in [-0.39, 0.29) is 11.5 Å². The highest BCUT2D eigenvalue weighted by molar-refractivity contribution is 14.1. The molecule has 1 amide bonds. The summed E-state index contributed by atoms with van der Waals surface area (Å²) in [6.07, 6.45) is 1.59. The second kappa shape index (κ2) is 5.87. The van der Waals surface area contributed by atoms with Crippen molar-refractivity contribution in [3.8, 4) is 0 Å². The lowest BCUT2D eigenvalue weighted by Crippen LogP contribution is -2.18. The number of nitrogens with zero attached hydrogens (tertiary/aromatic N) is 1. The van der Waals surface area contributed by atoms with E-state index < -0.39 is 0 Å². The van der Waals surface area contributed by atoms with Gasteiger partial charge in [0.15, 0.2) is 0 Å². The number of amides is 1. The normalized spacial score (nSPS) is 10.3. The van der Waals surface area contributed by atoms with Gasteiger partial charge in [-0.2, -0.15) is 0 Å². The average Bonchev–Trinajstić information content (AvgIpc) is 2.36. The van der Waals surface area contributed by atoms with Crippen LogP contribution in [0.5, 0.6) is 0 Å². The highest BCUT2D eigenvalue weighted by Crippen LogP contribution is 2.20. The molecule has 4 nitrogen and oxygen atoms in total. The number of nitrogens with one attached hydrogen (secondary N) is 1. The predicted molar refractivity (Wildman–Crippen MR) is 86.5 cm³/mol. The zero-order chi connectivity index (χ0) is 14.0. The number of hydrogen-bond acceptors (Lipinski definition) is 2. The molecule has 98 valence electrons. The molecule has 0 unspecified atom stereocenters. The molecule has 1 aromatic carbocycles. The Labute approximate surface area is 132 Å². The lowest BCUT2D eigenvalue weighted by molar-refractivity contribution is 0.102. The molecule has 2 aromatic rings. The van der Waals surface area contributed by atoms with Gasteiger partial charge in [-0.25, -0.2) is 0 Å². The summed E-state index contributed by atoms with van der Waals surface area (Å²) < 4.78 is 3.13. The number of anilines is 1. The molecule has 0 saturated heterocycles. The first-order chi connectivity index (χ1) is 8.97. The van der Waals surface area contributed by atoms with E-state index in [1.807, 2.05) is 12.1 Å². The van der Waals surface area contributed by atoms with Crippen LogP contribution in [0.25, 0.3) is 0 Å². The topological polar surface area (TPSA) is 51.1 Å². The van der Waals surface area contributed by atoms with Gasteiger partial charge in [0, 0.05) is 27.4 Å². The third-order valence-electron chi connectivity index (χ3n) is 2.52. The van der Waals surface area contributed by atoms with Crippen molar-refractivity contribution >= 4 is 50.1 Å². The standard InChI is InChI=1S/C13H10BrIN2O2/c1-17-7-9(3-5-12(17)18)16-13(19)10-6-8(15)2-4-11(10)14/h2-7H,1H3,(H,16,19). The number of aromatic nitrogens is 1. The molecule has 0 aliphatic rings. The van der Waals surface area contributed by atoms with Crippen molar-refractivity contribution in [2.45, 2.75) is 0 Å². The van der Waals surface area contributed by atoms with Gasteiger partial charge >= 0.3 is 0 Å². The monoisotopic (exact) mass is 432 g/mol. The number of aryl methyl sites for hydroxylation is 1. The maximum absolute atomic E-state index is 12.2. The Balaban J connectivity index is 2.28. The van der Waals surface area contributed by atoms with Crippen molar-refractivity contribution in [1.82, 2.24) is 4.57 Å². The minimum absolute atomic E-state index is 0.117. The van der Waals surface area contributed by atoms with Gasteiger partial charge in [-0.15, -0.1) is 0 Å². The molecule has 19 heavy (non-hydrogen) atoms. The van der Waals surface area contributed by atoms with E-state index in [1.54, 1.807) is 25.4 Å². The Hall–Kier alpha value is -1.15. The molecule has 6 heteroatoms. The smallest absolute Gasteiger partial charge is 0.256 e. The Morgan fingerprint density at radius 2 is 2.05 bits per heavy atom. The number of hydrogen-bond donors (Lipinski definition) is 1. The van der Waals surface area contributed by atoms with Crippen LogP contribution in [0.15, 0.2) is 45.8 Å². The largest absolute Gasteiger partial charge is 0.321 e. The molecule has 0 atom stereocenters. The predicted octanol–water partition coefficient (Wildman–Crippen LogP) is 3.00. The van der Waals surface area contributed by atoms with Crippen molar-refractivity contribution < 1.29 is 4.79 Å². The maximum atomic E-state index is 12.2. The molecule has 0 aliphatic heterocycles. The van der Waals surface area contributed by atoms with Crippen LogP contribution in [0.4, 0.5) is 5.69 Å². The van der Waals surface area contributed by atoms with Crippen molar-refractivity contribution in [3.63, 3.8) is 0 Å². The zero-order valence-electron chi connectivity index (χ0n) is 9.98. The number of carbonyl (C=O) groups excluding carboxylic acids is 1. The first-order valence-corrected chi connectivity index (χ1v) is 7.27. The summed E-state index contributed by atoms with van der Waals surface area (Å²) in [7, 11) is 1.64. The lowest BCUT2D eigenvalue weighted by atomic mass is 10.2. The van der Waals surface area contributed by atoms with Crippen molar-refractivity contribution in [3.05, 3.63) is 60.5 Å². The van der Waals surface area contributed by atoms with Crippen LogP contribution in [0.1, 0.15) is 10.4 Å². The van der Waals surface area contributed by atoms with E-state index in [1.165, 1.54) is 10.6 Å². The minimum atomic E-state index is -0.218.